The molecule has 1 saturated heterocycles. The van der Waals surface area contributed by atoms with Gasteiger partial charge in [0.1, 0.15) is 5.75 Å². The molecule has 2 aromatic carbocycles. The van der Waals surface area contributed by atoms with E-state index in [1.807, 2.05) is 60.7 Å². The second-order valence-electron chi connectivity index (χ2n) is 6.13. The van der Waals surface area contributed by atoms with Gasteiger partial charge in [0, 0.05) is 18.7 Å². The van der Waals surface area contributed by atoms with Crippen LogP contribution in [0.3, 0.4) is 0 Å². The van der Waals surface area contributed by atoms with Crippen LogP contribution in [-0.2, 0) is 14.3 Å². The zero-order valence-corrected chi connectivity index (χ0v) is 14.8. The second-order valence-corrected chi connectivity index (χ2v) is 6.13. The predicted molar refractivity (Wildman–Crippen MR) is 101 cm³/mol. The number of carbonyl (C=O) groups is 2. The van der Waals surface area contributed by atoms with E-state index in [-0.39, 0.29) is 24.2 Å². The van der Waals surface area contributed by atoms with Gasteiger partial charge in [-0.25, -0.2) is 0 Å². The summed E-state index contributed by atoms with van der Waals surface area (Å²) < 4.78 is 9.96. The molecule has 0 aromatic heterocycles. The summed E-state index contributed by atoms with van der Waals surface area (Å²) in [5.74, 6) is 0.0362. The summed E-state index contributed by atoms with van der Waals surface area (Å²) in [6.07, 6.45) is 4.21. The molecule has 1 amide bonds. The van der Waals surface area contributed by atoms with Gasteiger partial charge < -0.3 is 14.4 Å². The summed E-state index contributed by atoms with van der Waals surface area (Å²) in [5.41, 5.74) is 2.86. The number of rotatable bonds is 5. The molecular weight excluding hydrogens is 330 g/mol. The zero-order chi connectivity index (χ0) is 18.5. The van der Waals surface area contributed by atoms with Crippen LogP contribution in [-0.4, -0.2) is 32.6 Å². The van der Waals surface area contributed by atoms with Crippen molar-refractivity contribution in [3.8, 4) is 5.75 Å². The number of ether oxygens (including phenoxy) is 2. The number of hydrogen-bond donors (Lipinski definition) is 0. The van der Waals surface area contributed by atoms with Gasteiger partial charge in [-0.15, -0.1) is 0 Å². The lowest BCUT2D eigenvalue weighted by Gasteiger charge is -2.16. The fraction of sp³-hybridized carbons (Fsp3) is 0.238. The molecule has 0 bridgehead atoms. The highest BCUT2D eigenvalue weighted by molar-refractivity contribution is 5.99. The van der Waals surface area contributed by atoms with E-state index >= 15 is 0 Å². The third-order valence-corrected chi connectivity index (χ3v) is 4.43. The van der Waals surface area contributed by atoms with Crippen LogP contribution in [0.1, 0.15) is 17.5 Å². The van der Waals surface area contributed by atoms with Crippen molar-refractivity contribution in [1.29, 1.82) is 0 Å². The molecule has 134 valence electrons. The third kappa shape index (κ3) is 3.94. The van der Waals surface area contributed by atoms with Crippen LogP contribution in [0.25, 0.3) is 12.2 Å². The first kappa shape index (κ1) is 17.7. The minimum Gasteiger partial charge on any atom is -0.497 e. The highest BCUT2D eigenvalue weighted by Gasteiger charge is 2.35. The molecule has 1 aliphatic heterocycles. The van der Waals surface area contributed by atoms with Crippen LogP contribution in [0.2, 0.25) is 0 Å². The molecule has 1 heterocycles. The SMILES string of the molecule is COC(=O)C1CC(=O)N(c2ccc(/C=C/c3cccc(OC)c3)cc2)C1. The molecule has 1 fully saturated rings. The molecule has 0 spiro atoms. The fourth-order valence-corrected chi connectivity index (χ4v) is 2.98. The first-order valence-electron chi connectivity index (χ1n) is 8.41. The number of anilines is 1. The Hall–Kier alpha value is -3.08. The van der Waals surface area contributed by atoms with E-state index in [4.69, 9.17) is 9.47 Å². The Labute approximate surface area is 152 Å². The lowest BCUT2D eigenvalue weighted by Crippen LogP contribution is -2.26. The summed E-state index contributed by atoms with van der Waals surface area (Å²) >= 11 is 0. The largest absolute Gasteiger partial charge is 0.497 e. The van der Waals surface area contributed by atoms with Crippen LogP contribution in [0, 0.1) is 5.92 Å². The number of esters is 1. The van der Waals surface area contributed by atoms with Gasteiger partial charge in [-0.2, -0.15) is 0 Å². The molecule has 0 saturated carbocycles. The quantitative estimate of drug-likeness (QED) is 0.612. The first-order valence-corrected chi connectivity index (χ1v) is 8.41. The molecule has 1 unspecified atom stereocenters. The normalized spacial score (nSPS) is 16.9. The van der Waals surface area contributed by atoms with Gasteiger partial charge in [-0.3, -0.25) is 9.59 Å². The van der Waals surface area contributed by atoms with E-state index in [1.165, 1.54) is 7.11 Å². The van der Waals surface area contributed by atoms with Gasteiger partial charge in [-0.05, 0) is 35.4 Å². The van der Waals surface area contributed by atoms with E-state index in [2.05, 4.69) is 0 Å². The van der Waals surface area contributed by atoms with Gasteiger partial charge >= 0.3 is 5.97 Å². The maximum absolute atomic E-state index is 12.2. The Morgan fingerprint density at radius 2 is 1.81 bits per heavy atom. The average molecular weight is 351 g/mol. The van der Waals surface area contributed by atoms with Crippen LogP contribution in [0.15, 0.2) is 48.5 Å². The Morgan fingerprint density at radius 3 is 2.50 bits per heavy atom. The van der Waals surface area contributed by atoms with Crippen molar-refractivity contribution in [3.05, 3.63) is 59.7 Å². The molecule has 3 rings (SSSR count). The number of amides is 1. The predicted octanol–water partition coefficient (Wildman–Crippen LogP) is 3.39. The van der Waals surface area contributed by atoms with Crippen molar-refractivity contribution in [2.45, 2.75) is 6.42 Å². The van der Waals surface area contributed by atoms with E-state index in [0.29, 0.717) is 6.54 Å². The average Bonchev–Trinajstić information content (AvgIpc) is 3.08. The van der Waals surface area contributed by atoms with E-state index in [0.717, 1.165) is 22.6 Å². The molecule has 26 heavy (non-hydrogen) atoms. The summed E-state index contributed by atoms with van der Waals surface area (Å²) in [6.45, 7) is 0.366. The Balaban J connectivity index is 1.69. The minimum atomic E-state index is -0.389. The molecule has 0 aliphatic carbocycles. The molecule has 2 aromatic rings. The van der Waals surface area contributed by atoms with Crippen LogP contribution >= 0.6 is 0 Å². The number of nitrogens with zero attached hydrogens (tertiary/aromatic N) is 1. The Bertz CT molecular complexity index is 826. The van der Waals surface area contributed by atoms with E-state index in [9.17, 15) is 9.59 Å². The third-order valence-electron chi connectivity index (χ3n) is 4.43. The van der Waals surface area contributed by atoms with Crippen molar-refractivity contribution in [2.24, 2.45) is 5.92 Å². The van der Waals surface area contributed by atoms with Gasteiger partial charge in [-0.1, -0.05) is 36.4 Å². The molecule has 0 radical (unpaired) electrons. The van der Waals surface area contributed by atoms with Crippen molar-refractivity contribution >= 4 is 29.7 Å². The summed E-state index contributed by atoms with van der Waals surface area (Å²) in [6, 6.07) is 15.5. The topological polar surface area (TPSA) is 55.8 Å². The Morgan fingerprint density at radius 1 is 1.08 bits per heavy atom. The highest BCUT2D eigenvalue weighted by Crippen LogP contribution is 2.26. The first-order chi connectivity index (χ1) is 12.6. The van der Waals surface area contributed by atoms with Crippen molar-refractivity contribution in [2.75, 3.05) is 25.7 Å². The monoisotopic (exact) mass is 351 g/mol. The van der Waals surface area contributed by atoms with Crippen molar-refractivity contribution < 1.29 is 19.1 Å². The number of carbonyl (C=O) groups excluding carboxylic acids is 2. The molecule has 1 atom stereocenters. The zero-order valence-electron chi connectivity index (χ0n) is 14.8. The van der Waals surface area contributed by atoms with E-state index < -0.39 is 0 Å². The molecular formula is C21H21NO4. The summed E-state index contributed by atoms with van der Waals surface area (Å²) in [5, 5.41) is 0. The van der Waals surface area contributed by atoms with Crippen LogP contribution in [0.5, 0.6) is 5.75 Å². The smallest absolute Gasteiger partial charge is 0.311 e. The van der Waals surface area contributed by atoms with Gasteiger partial charge in [0.05, 0.1) is 20.1 Å². The second kappa shape index (κ2) is 7.87. The maximum Gasteiger partial charge on any atom is 0.311 e. The summed E-state index contributed by atoms with van der Waals surface area (Å²) in [4.78, 5) is 25.4. The lowest BCUT2D eigenvalue weighted by atomic mass is 10.1. The number of hydrogen-bond acceptors (Lipinski definition) is 4. The molecule has 5 heteroatoms. The number of benzene rings is 2. The number of methoxy groups -OCH3 is 2. The van der Waals surface area contributed by atoms with Crippen LogP contribution in [0.4, 0.5) is 5.69 Å². The fourth-order valence-electron chi connectivity index (χ4n) is 2.98. The molecule has 5 nitrogen and oxygen atoms in total. The molecule has 1 aliphatic rings. The van der Waals surface area contributed by atoms with Gasteiger partial charge in [0.2, 0.25) is 5.91 Å². The van der Waals surface area contributed by atoms with Crippen molar-refractivity contribution in [3.63, 3.8) is 0 Å². The standard InChI is InChI=1S/C21H21NO4/c1-25-19-5-3-4-16(12-19)7-6-15-8-10-18(11-9-15)22-14-17(13-20(22)23)21(24)26-2/h3-12,17H,13-14H2,1-2H3/b7-6+. The Kier molecular flexibility index (Phi) is 5.37. The van der Waals surface area contributed by atoms with E-state index in [1.54, 1.807) is 12.0 Å². The highest BCUT2D eigenvalue weighted by atomic mass is 16.5. The van der Waals surface area contributed by atoms with Crippen LogP contribution < -0.4 is 9.64 Å². The molecule has 0 N–H and O–H groups in total. The maximum atomic E-state index is 12.2. The van der Waals surface area contributed by atoms with Gasteiger partial charge in [0.15, 0.2) is 0 Å². The van der Waals surface area contributed by atoms with Crippen molar-refractivity contribution in [1.82, 2.24) is 0 Å². The minimum absolute atomic E-state index is 0.0555. The van der Waals surface area contributed by atoms with Gasteiger partial charge in [0.25, 0.3) is 0 Å². The lowest BCUT2D eigenvalue weighted by molar-refractivity contribution is -0.145. The summed E-state index contributed by atoms with van der Waals surface area (Å²) in [7, 11) is 2.99.